The number of fused-ring (bicyclic) bond motifs is 1. The van der Waals surface area contributed by atoms with Crippen molar-refractivity contribution < 1.29 is 9.21 Å². The topological polar surface area (TPSA) is 42.2 Å². The van der Waals surface area contributed by atoms with Crippen molar-refractivity contribution in [1.29, 1.82) is 0 Å². The lowest BCUT2D eigenvalue weighted by Crippen LogP contribution is -2.36. The number of amides is 1. The van der Waals surface area contributed by atoms with E-state index in [0.717, 1.165) is 29.4 Å². The Balaban J connectivity index is 1.66. The summed E-state index contributed by atoms with van der Waals surface area (Å²) in [4.78, 5) is 12.4. The van der Waals surface area contributed by atoms with E-state index in [-0.39, 0.29) is 5.91 Å². The number of hydrogen-bond donors (Lipinski definition) is 1. The molecule has 0 unspecified atom stereocenters. The van der Waals surface area contributed by atoms with Crippen molar-refractivity contribution >= 4 is 16.9 Å². The van der Waals surface area contributed by atoms with Crippen molar-refractivity contribution in [3.05, 3.63) is 35.1 Å². The SMILES string of the molecule is Cc1cc2occ(CC(=O)NC3CCCCCCC3)c2cc1C. The van der Waals surface area contributed by atoms with E-state index < -0.39 is 0 Å². The molecule has 1 aromatic heterocycles. The molecule has 0 atom stereocenters. The Bertz CT molecular complexity index is 678. The number of rotatable bonds is 3. The van der Waals surface area contributed by atoms with Gasteiger partial charge in [-0.15, -0.1) is 0 Å². The van der Waals surface area contributed by atoms with Crippen molar-refractivity contribution in [2.75, 3.05) is 0 Å². The van der Waals surface area contributed by atoms with Gasteiger partial charge >= 0.3 is 0 Å². The molecule has 3 rings (SSSR count). The molecule has 0 saturated heterocycles. The van der Waals surface area contributed by atoms with Gasteiger partial charge in [0, 0.05) is 17.0 Å². The fourth-order valence-corrected chi connectivity index (χ4v) is 3.53. The third-order valence-corrected chi connectivity index (χ3v) is 5.09. The monoisotopic (exact) mass is 313 g/mol. The van der Waals surface area contributed by atoms with Gasteiger partial charge in [0.1, 0.15) is 5.58 Å². The van der Waals surface area contributed by atoms with Crippen LogP contribution in [0.4, 0.5) is 0 Å². The van der Waals surface area contributed by atoms with Crippen LogP contribution >= 0.6 is 0 Å². The molecule has 1 aliphatic rings. The zero-order valence-electron chi connectivity index (χ0n) is 14.3. The summed E-state index contributed by atoms with van der Waals surface area (Å²) >= 11 is 0. The number of benzene rings is 1. The number of carbonyl (C=O) groups excluding carboxylic acids is 1. The van der Waals surface area contributed by atoms with Crippen LogP contribution in [0.2, 0.25) is 0 Å². The molecule has 0 radical (unpaired) electrons. The Morgan fingerprint density at radius 2 is 1.74 bits per heavy atom. The van der Waals surface area contributed by atoms with Gasteiger partial charge in [0.25, 0.3) is 0 Å². The van der Waals surface area contributed by atoms with Gasteiger partial charge in [0.15, 0.2) is 0 Å². The summed E-state index contributed by atoms with van der Waals surface area (Å²) < 4.78 is 5.63. The Hall–Kier alpha value is -1.77. The van der Waals surface area contributed by atoms with Gasteiger partial charge in [-0.05, 0) is 49.9 Å². The van der Waals surface area contributed by atoms with Gasteiger partial charge < -0.3 is 9.73 Å². The van der Waals surface area contributed by atoms with E-state index in [1.807, 2.05) is 0 Å². The minimum absolute atomic E-state index is 0.122. The number of aryl methyl sites for hydroxylation is 2. The van der Waals surface area contributed by atoms with E-state index in [4.69, 9.17) is 4.42 Å². The number of hydrogen-bond acceptors (Lipinski definition) is 2. The Labute approximate surface area is 138 Å². The van der Waals surface area contributed by atoms with Crippen LogP contribution in [0.25, 0.3) is 11.0 Å². The van der Waals surface area contributed by atoms with Crippen molar-refractivity contribution in [2.24, 2.45) is 0 Å². The zero-order chi connectivity index (χ0) is 16.2. The second-order valence-corrected chi connectivity index (χ2v) is 6.98. The van der Waals surface area contributed by atoms with Gasteiger partial charge in [-0.3, -0.25) is 4.79 Å². The van der Waals surface area contributed by atoms with Crippen molar-refractivity contribution in [1.82, 2.24) is 5.32 Å². The standard InChI is InChI=1S/C20H27NO2/c1-14-10-18-16(13-23-19(18)11-15(14)2)12-20(22)21-17-8-6-4-3-5-7-9-17/h10-11,13,17H,3-9,12H2,1-2H3,(H,21,22). The minimum atomic E-state index is 0.122. The van der Waals surface area contributed by atoms with Crippen LogP contribution in [0, 0.1) is 13.8 Å². The smallest absolute Gasteiger partial charge is 0.224 e. The molecule has 1 aromatic carbocycles. The van der Waals surface area contributed by atoms with Gasteiger partial charge in [0.05, 0.1) is 12.7 Å². The molecular weight excluding hydrogens is 286 g/mol. The molecule has 1 N–H and O–H groups in total. The molecule has 3 heteroatoms. The molecule has 1 aliphatic carbocycles. The van der Waals surface area contributed by atoms with Crippen LogP contribution < -0.4 is 5.32 Å². The molecule has 2 aromatic rings. The summed E-state index contributed by atoms with van der Waals surface area (Å²) in [6.07, 6.45) is 10.8. The average Bonchev–Trinajstić information content (AvgIpc) is 2.84. The minimum Gasteiger partial charge on any atom is -0.464 e. The molecule has 0 spiro atoms. The van der Waals surface area contributed by atoms with Crippen LogP contribution in [0.1, 0.15) is 61.6 Å². The predicted octanol–water partition coefficient (Wildman–Crippen LogP) is 4.82. The molecule has 0 bridgehead atoms. The highest BCUT2D eigenvalue weighted by atomic mass is 16.3. The van der Waals surface area contributed by atoms with E-state index >= 15 is 0 Å². The molecule has 124 valence electrons. The average molecular weight is 313 g/mol. The summed E-state index contributed by atoms with van der Waals surface area (Å²) in [7, 11) is 0. The fraction of sp³-hybridized carbons (Fsp3) is 0.550. The highest BCUT2D eigenvalue weighted by Gasteiger charge is 2.16. The second-order valence-electron chi connectivity index (χ2n) is 6.98. The van der Waals surface area contributed by atoms with E-state index in [2.05, 4.69) is 31.3 Å². The predicted molar refractivity (Wildman–Crippen MR) is 93.6 cm³/mol. The lowest BCUT2D eigenvalue weighted by molar-refractivity contribution is -0.121. The van der Waals surface area contributed by atoms with Crippen molar-refractivity contribution in [3.8, 4) is 0 Å². The van der Waals surface area contributed by atoms with Gasteiger partial charge in [-0.25, -0.2) is 0 Å². The van der Waals surface area contributed by atoms with E-state index in [9.17, 15) is 4.79 Å². The zero-order valence-corrected chi connectivity index (χ0v) is 14.3. The summed E-state index contributed by atoms with van der Waals surface area (Å²) in [5.74, 6) is 0.122. The number of nitrogens with one attached hydrogen (secondary N) is 1. The van der Waals surface area contributed by atoms with Gasteiger partial charge in [-0.1, -0.05) is 32.1 Å². The molecular formula is C20H27NO2. The summed E-state index contributed by atoms with van der Waals surface area (Å²) in [5.41, 5.74) is 4.33. The Morgan fingerprint density at radius 1 is 1.09 bits per heavy atom. The fourth-order valence-electron chi connectivity index (χ4n) is 3.53. The summed E-state index contributed by atoms with van der Waals surface area (Å²) in [6.45, 7) is 4.18. The van der Waals surface area contributed by atoms with E-state index in [1.54, 1.807) is 6.26 Å². The molecule has 3 nitrogen and oxygen atoms in total. The highest BCUT2D eigenvalue weighted by Crippen LogP contribution is 2.25. The maximum absolute atomic E-state index is 12.4. The molecule has 1 heterocycles. The number of furan rings is 1. The van der Waals surface area contributed by atoms with Crippen molar-refractivity contribution in [3.63, 3.8) is 0 Å². The molecule has 1 saturated carbocycles. The lowest BCUT2D eigenvalue weighted by atomic mass is 9.96. The highest BCUT2D eigenvalue weighted by molar-refractivity contribution is 5.88. The second kappa shape index (κ2) is 7.20. The van der Waals surface area contributed by atoms with Crippen LogP contribution in [-0.2, 0) is 11.2 Å². The first-order valence-corrected chi connectivity index (χ1v) is 8.90. The Kier molecular flexibility index (Phi) is 5.04. The van der Waals surface area contributed by atoms with Gasteiger partial charge in [-0.2, -0.15) is 0 Å². The molecule has 23 heavy (non-hydrogen) atoms. The van der Waals surface area contributed by atoms with E-state index in [0.29, 0.717) is 12.5 Å². The Morgan fingerprint density at radius 3 is 2.48 bits per heavy atom. The lowest BCUT2D eigenvalue weighted by Gasteiger charge is -2.20. The first-order chi connectivity index (χ1) is 11.1. The third-order valence-electron chi connectivity index (χ3n) is 5.09. The van der Waals surface area contributed by atoms with Crippen LogP contribution in [-0.4, -0.2) is 11.9 Å². The molecule has 1 amide bonds. The first-order valence-electron chi connectivity index (χ1n) is 8.90. The largest absolute Gasteiger partial charge is 0.464 e. The summed E-state index contributed by atoms with van der Waals surface area (Å²) in [5, 5.41) is 4.31. The molecule has 1 fully saturated rings. The number of carbonyl (C=O) groups is 1. The van der Waals surface area contributed by atoms with Crippen molar-refractivity contribution in [2.45, 2.75) is 71.3 Å². The first kappa shape index (κ1) is 16.1. The van der Waals surface area contributed by atoms with Crippen LogP contribution in [0.3, 0.4) is 0 Å². The normalized spacial score (nSPS) is 17.0. The maximum atomic E-state index is 12.4. The van der Waals surface area contributed by atoms with E-state index in [1.165, 1.54) is 43.2 Å². The van der Waals surface area contributed by atoms with Gasteiger partial charge in [0.2, 0.25) is 5.91 Å². The van der Waals surface area contributed by atoms with Crippen LogP contribution in [0.15, 0.2) is 22.8 Å². The maximum Gasteiger partial charge on any atom is 0.224 e. The van der Waals surface area contributed by atoms with Crippen LogP contribution in [0.5, 0.6) is 0 Å². The third kappa shape index (κ3) is 3.95. The molecule has 0 aliphatic heterocycles. The summed E-state index contributed by atoms with van der Waals surface area (Å²) in [6, 6.07) is 4.54. The quantitative estimate of drug-likeness (QED) is 0.882.